The summed E-state index contributed by atoms with van der Waals surface area (Å²) >= 11 is 5.91. The summed E-state index contributed by atoms with van der Waals surface area (Å²) in [7, 11) is 0. The van der Waals surface area contributed by atoms with Gasteiger partial charge < -0.3 is 5.32 Å². The van der Waals surface area contributed by atoms with Gasteiger partial charge in [0.15, 0.2) is 5.82 Å². The Morgan fingerprint density at radius 2 is 1.76 bits per heavy atom. The van der Waals surface area contributed by atoms with Crippen molar-refractivity contribution in [2.24, 2.45) is 0 Å². The smallest absolute Gasteiger partial charge is 0.157 e. The summed E-state index contributed by atoms with van der Waals surface area (Å²) < 4.78 is 2.03. The number of benzene rings is 2. The minimum absolute atomic E-state index is 0.710. The molecule has 102 valence electrons. The van der Waals surface area contributed by atoms with Crippen LogP contribution in [-0.4, -0.2) is 14.4 Å². The van der Waals surface area contributed by atoms with Gasteiger partial charge in [0, 0.05) is 10.7 Å². The molecule has 0 aliphatic heterocycles. The van der Waals surface area contributed by atoms with E-state index in [1.807, 2.05) is 52.9 Å². The molecule has 1 N–H and O–H groups in total. The minimum atomic E-state index is 0.710. The Kier molecular flexibility index (Phi) is 2.75. The van der Waals surface area contributed by atoms with Crippen molar-refractivity contribution < 1.29 is 0 Å². The molecule has 2 heterocycles. The van der Waals surface area contributed by atoms with Gasteiger partial charge in [-0.1, -0.05) is 23.7 Å². The summed E-state index contributed by atoms with van der Waals surface area (Å²) in [5.41, 5.74) is 3.82. The Hall–Kier alpha value is -2.59. The number of hydrogen-bond donors (Lipinski definition) is 1. The third-order valence-corrected chi connectivity index (χ3v) is 3.61. The minimum Gasteiger partial charge on any atom is -0.338 e. The molecule has 0 saturated heterocycles. The molecule has 0 aliphatic carbocycles. The quantitative estimate of drug-likeness (QED) is 0.600. The van der Waals surface area contributed by atoms with Gasteiger partial charge in [0.25, 0.3) is 0 Å². The van der Waals surface area contributed by atoms with Crippen molar-refractivity contribution in [2.45, 2.75) is 0 Å². The highest BCUT2D eigenvalue weighted by Gasteiger charge is 2.08. The first-order chi connectivity index (χ1) is 10.3. The van der Waals surface area contributed by atoms with E-state index in [9.17, 15) is 0 Å². The Labute approximate surface area is 126 Å². The van der Waals surface area contributed by atoms with E-state index in [4.69, 9.17) is 11.6 Å². The van der Waals surface area contributed by atoms with Crippen LogP contribution in [-0.2, 0) is 0 Å². The molecule has 0 amide bonds. The summed E-state index contributed by atoms with van der Waals surface area (Å²) in [4.78, 5) is 8.92. The Bertz CT molecular complexity index is 928. The van der Waals surface area contributed by atoms with Gasteiger partial charge in [0.1, 0.15) is 5.52 Å². The first-order valence-corrected chi connectivity index (χ1v) is 6.92. The summed E-state index contributed by atoms with van der Waals surface area (Å²) in [5, 5.41) is 4.03. The van der Waals surface area contributed by atoms with Crippen LogP contribution in [0.25, 0.3) is 16.6 Å². The molecular formula is C16H11ClN4. The van der Waals surface area contributed by atoms with Gasteiger partial charge in [0.05, 0.1) is 23.6 Å². The van der Waals surface area contributed by atoms with Crippen molar-refractivity contribution >= 4 is 39.7 Å². The molecule has 5 heteroatoms. The van der Waals surface area contributed by atoms with Gasteiger partial charge in [-0.15, -0.1) is 0 Å². The second-order valence-electron chi connectivity index (χ2n) is 4.73. The topological polar surface area (TPSA) is 42.2 Å². The van der Waals surface area contributed by atoms with Crippen LogP contribution in [0.5, 0.6) is 0 Å². The monoisotopic (exact) mass is 294 g/mol. The zero-order valence-electron chi connectivity index (χ0n) is 11.0. The van der Waals surface area contributed by atoms with E-state index in [1.54, 1.807) is 12.5 Å². The van der Waals surface area contributed by atoms with Gasteiger partial charge in [-0.2, -0.15) is 0 Å². The maximum atomic E-state index is 5.91. The first-order valence-electron chi connectivity index (χ1n) is 6.55. The number of para-hydroxylation sites is 2. The summed E-state index contributed by atoms with van der Waals surface area (Å²) in [6.45, 7) is 0. The average molecular weight is 295 g/mol. The van der Waals surface area contributed by atoms with Gasteiger partial charge in [-0.25, -0.2) is 9.97 Å². The molecule has 0 fully saturated rings. The molecule has 0 radical (unpaired) electrons. The number of anilines is 2. The molecule has 0 atom stereocenters. The maximum Gasteiger partial charge on any atom is 0.157 e. The third kappa shape index (κ3) is 2.10. The number of rotatable bonds is 2. The molecule has 21 heavy (non-hydrogen) atoms. The zero-order valence-corrected chi connectivity index (χ0v) is 11.7. The molecule has 0 spiro atoms. The highest BCUT2D eigenvalue weighted by molar-refractivity contribution is 6.30. The molecule has 2 aromatic carbocycles. The number of halogens is 1. The van der Waals surface area contributed by atoms with Gasteiger partial charge in [0.2, 0.25) is 0 Å². The van der Waals surface area contributed by atoms with Crippen LogP contribution >= 0.6 is 11.6 Å². The largest absolute Gasteiger partial charge is 0.338 e. The Morgan fingerprint density at radius 1 is 0.952 bits per heavy atom. The zero-order chi connectivity index (χ0) is 14.2. The standard InChI is InChI=1S/C16H11ClN4/c17-11-5-7-12(8-6-11)19-16-15-9-18-10-21(15)14-4-2-1-3-13(14)20-16/h1-10H,(H,19,20). The Balaban J connectivity index is 1.90. The van der Waals surface area contributed by atoms with Crippen molar-refractivity contribution in [3.63, 3.8) is 0 Å². The van der Waals surface area contributed by atoms with Crippen LogP contribution in [0.3, 0.4) is 0 Å². The SMILES string of the molecule is Clc1ccc(Nc2nc3ccccc3n3cncc23)cc1. The number of aromatic nitrogens is 3. The van der Waals surface area contributed by atoms with Gasteiger partial charge >= 0.3 is 0 Å². The van der Waals surface area contributed by atoms with Crippen LogP contribution < -0.4 is 5.32 Å². The molecule has 4 nitrogen and oxygen atoms in total. The second kappa shape index (κ2) is 4.75. The second-order valence-corrected chi connectivity index (χ2v) is 5.17. The van der Waals surface area contributed by atoms with Crippen molar-refractivity contribution in [3.8, 4) is 0 Å². The molecule has 0 aliphatic rings. The van der Waals surface area contributed by atoms with Crippen LogP contribution in [0, 0.1) is 0 Å². The van der Waals surface area contributed by atoms with Gasteiger partial charge in [-0.05, 0) is 36.4 Å². The highest BCUT2D eigenvalue weighted by Crippen LogP contribution is 2.24. The fraction of sp³-hybridized carbons (Fsp3) is 0. The molecule has 0 saturated carbocycles. The first kappa shape index (κ1) is 12.2. The van der Waals surface area contributed by atoms with Crippen LogP contribution in [0.1, 0.15) is 0 Å². The summed E-state index contributed by atoms with van der Waals surface area (Å²) in [6.07, 6.45) is 3.60. The fourth-order valence-electron chi connectivity index (χ4n) is 2.36. The predicted octanol–water partition coefficient (Wildman–Crippen LogP) is 4.28. The van der Waals surface area contributed by atoms with Crippen molar-refractivity contribution in [2.75, 3.05) is 5.32 Å². The molecular weight excluding hydrogens is 284 g/mol. The number of nitrogens with one attached hydrogen (secondary N) is 1. The lowest BCUT2D eigenvalue weighted by molar-refractivity contribution is 1.19. The maximum absolute atomic E-state index is 5.91. The van der Waals surface area contributed by atoms with Crippen LogP contribution in [0.4, 0.5) is 11.5 Å². The lowest BCUT2D eigenvalue weighted by Crippen LogP contribution is -1.98. The highest BCUT2D eigenvalue weighted by atomic mass is 35.5. The number of imidazole rings is 1. The normalized spacial score (nSPS) is 11.1. The molecule has 0 unspecified atom stereocenters. The summed E-state index contributed by atoms with van der Waals surface area (Å²) in [5.74, 6) is 0.772. The molecule has 2 aromatic heterocycles. The van der Waals surface area contributed by atoms with E-state index >= 15 is 0 Å². The average Bonchev–Trinajstić information content (AvgIpc) is 3.00. The van der Waals surface area contributed by atoms with E-state index < -0.39 is 0 Å². The number of fused-ring (bicyclic) bond motifs is 3. The van der Waals surface area contributed by atoms with Crippen molar-refractivity contribution in [3.05, 3.63) is 66.1 Å². The molecule has 4 rings (SSSR count). The Morgan fingerprint density at radius 3 is 2.62 bits per heavy atom. The number of nitrogens with zero attached hydrogens (tertiary/aromatic N) is 3. The van der Waals surface area contributed by atoms with E-state index in [0.29, 0.717) is 5.02 Å². The van der Waals surface area contributed by atoms with Crippen molar-refractivity contribution in [1.29, 1.82) is 0 Å². The van der Waals surface area contributed by atoms with Crippen LogP contribution in [0.15, 0.2) is 61.1 Å². The third-order valence-electron chi connectivity index (χ3n) is 3.36. The predicted molar refractivity (Wildman–Crippen MR) is 85.2 cm³/mol. The van der Waals surface area contributed by atoms with Gasteiger partial charge in [-0.3, -0.25) is 4.40 Å². The molecule has 0 bridgehead atoms. The molecule has 4 aromatic rings. The van der Waals surface area contributed by atoms with E-state index in [1.165, 1.54) is 0 Å². The lowest BCUT2D eigenvalue weighted by Gasteiger charge is -2.10. The van der Waals surface area contributed by atoms with Crippen molar-refractivity contribution in [1.82, 2.24) is 14.4 Å². The van der Waals surface area contributed by atoms with E-state index in [2.05, 4.69) is 15.3 Å². The fourth-order valence-corrected chi connectivity index (χ4v) is 2.49. The number of hydrogen-bond acceptors (Lipinski definition) is 3. The van der Waals surface area contributed by atoms with Crippen LogP contribution in [0.2, 0.25) is 5.02 Å². The van der Waals surface area contributed by atoms with E-state index in [-0.39, 0.29) is 0 Å². The summed E-state index contributed by atoms with van der Waals surface area (Å²) in [6, 6.07) is 15.5. The van der Waals surface area contributed by atoms with E-state index in [0.717, 1.165) is 28.1 Å². The lowest BCUT2D eigenvalue weighted by atomic mass is 10.3.